The number of esters is 1. The van der Waals surface area contributed by atoms with E-state index in [0.717, 1.165) is 32.1 Å². The molecule has 0 unspecified atom stereocenters. The molecule has 0 aromatic heterocycles. The molecule has 3 amide bonds. The first-order valence-electron chi connectivity index (χ1n) is 9.63. The maximum Gasteiger partial charge on any atom is 0.321 e. The molecule has 0 aliphatic heterocycles. The van der Waals surface area contributed by atoms with Gasteiger partial charge in [0.05, 0.1) is 12.0 Å². The van der Waals surface area contributed by atoms with Gasteiger partial charge in [0.1, 0.15) is 0 Å². The Labute approximate surface area is 154 Å². The van der Waals surface area contributed by atoms with Crippen molar-refractivity contribution in [3.05, 3.63) is 0 Å². The normalized spacial score (nSPS) is 34.6. The van der Waals surface area contributed by atoms with Gasteiger partial charge >= 0.3 is 12.0 Å². The van der Waals surface area contributed by atoms with Crippen molar-refractivity contribution in [2.45, 2.75) is 64.4 Å². The predicted octanol–water partition coefficient (Wildman–Crippen LogP) is 1.73. The zero-order valence-electron chi connectivity index (χ0n) is 15.7. The van der Waals surface area contributed by atoms with E-state index in [4.69, 9.17) is 4.74 Å². The van der Waals surface area contributed by atoms with Crippen LogP contribution in [0, 0.1) is 23.2 Å². The Bertz CT molecular complexity index is 574. The Balaban J connectivity index is 1.43. The summed E-state index contributed by atoms with van der Waals surface area (Å²) in [5.74, 6) is 0.227. The zero-order chi connectivity index (χ0) is 18.9. The van der Waals surface area contributed by atoms with Crippen molar-refractivity contribution >= 4 is 17.9 Å². The predicted molar refractivity (Wildman–Crippen MR) is 94.0 cm³/mol. The lowest BCUT2D eigenvalue weighted by Gasteiger charge is -2.60. The topological polar surface area (TPSA) is 105 Å². The lowest BCUT2D eigenvalue weighted by Crippen LogP contribution is -2.56. The zero-order valence-corrected chi connectivity index (χ0v) is 15.7. The van der Waals surface area contributed by atoms with Crippen molar-refractivity contribution in [1.29, 1.82) is 0 Å². The van der Waals surface area contributed by atoms with E-state index in [-0.39, 0.29) is 17.8 Å². The van der Waals surface area contributed by atoms with E-state index in [1.807, 2.05) is 13.8 Å². The third kappa shape index (κ3) is 4.55. The van der Waals surface area contributed by atoms with Gasteiger partial charge in [-0.2, -0.15) is 0 Å². The van der Waals surface area contributed by atoms with Gasteiger partial charge in [-0.05, 0) is 61.7 Å². The Morgan fingerprint density at radius 3 is 2.38 bits per heavy atom. The molecule has 0 aromatic rings. The summed E-state index contributed by atoms with van der Waals surface area (Å²) >= 11 is 0. The van der Waals surface area contributed by atoms with Crippen molar-refractivity contribution in [1.82, 2.24) is 10.6 Å². The standard InChI is InChI=1S/C19H30N2O5/c1-12(2)9-20-17(24)21-15(22)10-26-16(23)8-18-4-13-3-14(5-18)7-19(25,6-13)11-18/h12-14,25H,3-11H2,1-2H3,(H2,20,21,22,24)/t13-,14-,18?,19?/m0/s1. The fourth-order valence-corrected chi connectivity index (χ4v) is 5.62. The largest absolute Gasteiger partial charge is 0.456 e. The Morgan fingerprint density at radius 1 is 1.15 bits per heavy atom. The van der Waals surface area contributed by atoms with E-state index in [1.165, 1.54) is 0 Å². The van der Waals surface area contributed by atoms with E-state index in [9.17, 15) is 19.5 Å². The number of carbonyl (C=O) groups excluding carboxylic acids is 3. The lowest BCUT2D eigenvalue weighted by molar-refractivity contribution is -0.177. The van der Waals surface area contributed by atoms with Gasteiger partial charge in [-0.3, -0.25) is 14.9 Å². The van der Waals surface area contributed by atoms with E-state index in [2.05, 4.69) is 10.6 Å². The van der Waals surface area contributed by atoms with Crippen molar-refractivity contribution < 1.29 is 24.2 Å². The molecule has 4 fully saturated rings. The molecule has 146 valence electrons. The van der Waals surface area contributed by atoms with Gasteiger partial charge < -0.3 is 15.2 Å². The molecule has 2 atom stereocenters. The number of nitrogens with one attached hydrogen (secondary N) is 2. The number of ether oxygens (including phenoxy) is 1. The number of hydrogen-bond acceptors (Lipinski definition) is 5. The van der Waals surface area contributed by atoms with Gasteiger partial charge in [0, 0.05) is 6.54 Å². The summed E-state index contributed by atoms with van der Waals surface area (Å²) in [5, 5.41) is 15.4. The SMILES string of the molecule is CC(C)CNC(=O)NC(=O)COC(=O)CC12C[C@@H]3C[C@H](CC(O)(C3)C1)C2. The molecule has 4 bridgehead atoms. The molecule has 3 N–H and O–H groups in total. The first kappa shape index (κ1) is 19.1. The molecule has 4 saturated carbocycles. The monoisotopic (exact) mass is 366 g/mol. The van der Waals surface area contributed by atoms with Crippen molar-refractivity contribution in [3.8, 4) is 0 Å². The highest BCUT2D eigenvalue weighted by molar-refractivity contribution is 5.95. The van der Waals surface area contributed by atoms with Crippen LogP contribution in [0.5, 0.6) is 0 Å². The lowest BCUT2D eigenvalue weighted by atomic mass is 9.47. The van der Waals surface area contributed by atoms with E-state index in [1.54, 1.807) is 0 Å². The molecule has 26 heavy (non-hydrogen) atoms. The number of imide groups is 1. The summed E-state index contributed by atoms with van der Waals surface area (Å²) in [6, 6.07) is -0.581. The second-order valence-electron chi connectivity index (χ2n) is 9.17. The van der Waals surface area contributed by atoms with Gasteiger partial charge in [-0.15, -0.1) is 0 Å². The summed E-state index contributed by atoms with van der Waals surface area (Å²) in [5.41, 5.74) is -0.794. The Morgan fingerprint density at radius 2 is 1.81 bits per heavy atom. The van der Waals surface area contributed by atoms with Crippen LogP contribution < -0.4 is 10.6 Å². The van der Waals surface area contributed by atoms with Gasteiger partial charge in [-0.25, -0.2) is 4.79 Å². The smallest absolute Gasteiger partial charge is 0.321 e. The van der Waals surface area contributed by atoms with Gasteiger partial charge in [0.2, 0.25) is 0 Å². The van der Waals surface area contributed by atoms with Crippen LogP contribution in [-0.2, 0) is 14.3 Å². The van der Waals surface area contributed by atoms with Gasteiger partial charge in [0.15, 0.2) is 6.61 Å². The highest BCUT2D eigenvalue weighted by atomic mass is 16.5. The molecule has 7 heteroatoms. The number of rotatable bonds is 6. The molecule has 0 saturated heterocycles. The summed E-state index contributed by atoms with van der Waals surface area (Å²) in [7, 11) is 0. The van der Waals surface area contributed by atoms with Crippen LogP contribution in [-0.4, -0.2) is 41.8 Å². The summed E-state index contributed by atoms with van der Waals surface area (Å²) in [4.78, 5) is 35.5. The fraction of sp³-hybridized carbons (Fsp3) is 0.842. The van der Waals surface area contributed by atoms with E-state index in [0.29, 0.717) is 24.8 Å². The third-order valence-corrected chi connectivity index (χ3v) is 5.96. The minimum atomic E-state index is -0.635. The highest BCUT2D eigenvalue weighted by Gasteiger charge is 2.57. The van der Waals surface area contributed by atoms with Crippen LogP contribution in [0.3, 0.4) is 0 Å². The number of amides is 3. The fourth-order valence-electron chi connectivity index (χ4n) is 5.62. The Hall–Kier alpha value is -1.63. The molecule has 0 heterocycles. The molecule has 7 nitrogen and oxygen atoms in total. The maximum atomic E-state index is 12.3. The second-order valence-corrected chi connectivity index (χ2v) is 9.17. The first-order chi connectivity index (χ1) is 12.2. The molecule has 4 rings (SSSR count). The maximum absolute atomic E-state index is 12.3. The number of aliphatic hydroxyl groups is 1. The molecular formula is C19H30N2O5. The van der Waals surface area contributed by atoms with Crippen LogP contribution in [0.15, 0.2) is 0 Å². The second kappa shape index (κ2) is 7.18. The minimum Gasteiger partial charge on any atom is -0.456 e. The van der Waals surface area contributed by atoms with Crippen LogP contribution >= 0.6 is 0 Å². The van der Waals surface area contributed by atoms with E-state index >= 15 is 0 Å². The van der Waals surface area contributed by atoms with Gasteiger partial charge in [0.25, 0.3) is 5.91 Å². The van der Waals surface area contributed by atoms with Crippen molar-refractivity contribution in [2.24, 2.45) is 23.2 Å². The molecule has 4 aliphatic carbocycles. The number of hydrogen-bond donors (Lipinski definition) is 3. The molecule has 0 spiro atoms. The number of urea groups is 1. The van der Waals surface area contributed by atoms with E-state index < -0.39 is 30.1 Å². The van der Waals surface area contributed by atoms with Gasteiger partial charge in [-0.1, -0.05) is 13.8 Å². The molecular weight excluding hydrogens is 336 g/mol. The highest BCUT2D eigenvalue weighted by Crippen LogP contribution is 2.62. The Kier molecular flexibility index (Phi) is 5.28. The molecule has 0 radical (unpaired) electrons. The first-order valence-corrected chi connectivity index (χ1v) is 9.63. The molecule has 0 aromatic carbocycles. The number of carbonyl (C=O) groups is 3. The van der Waals surface area contributed by atoms with Crippen LogP contribution in [0.25, 0.3) is 0 Å². The van der Waals surface area contributed by atoms with Crippen LogP contribution in [0.1, 0.15) is 58.8 Å². The van der Waals surface area contributed by atoms with Crippen molar-refractivity contribution in [2.75, 3.05) is 13.2 Å². The quantitative estimate of drug-likeness (QED) is 0.621. The summed E-state index contributed by atoms with van der Waals surface area (Å²) < 4.78 is 5.09. The van der Waals surface area contributed by atoms with Crippen LogP contribution in [0.4, 0.5) is 4.79 Å². The average molecular weight is 366 g/mol. The summed E-state index contributed by atoms with van der Waals surface area (Å²) in [6.07, 6.45) is 5.70. The minimum absolute atomic E-state index is 0.180. The van der Waals surface area contributed by atoms with Crippen molar-refractivity contribution in [3.63, 3.8) is 0 Å². The molecule has 4 aliphatic rings. The van der Waals surface area contributed by atoms with Crippen LogP contribution in [0.2, 0.25) is 0 Å². The average Bonchev–Trinajstić information content (AvgIpc) is 2.48. The third-order valence-electron chi connectivity index (χ3n) is 5.96. The summed E-state index contributed by atoms with van der Waals surface area (Å²) in [6.45, 7) is 3.91.